The molecule has 5 heteroatoms. The van der Waals surface area contributed by atoms with Crippen LogP contribution in [0.3, 0.4) is 0 Å². The predicted molar refractivity (Wildman–Crippen MR) is 56.0 cm³/mol. The van der Waals surface area contributed by atoms with Crippen LogP contribution in [0.15, 0.2) is 18.7 Å². The summed E-state index contributed by atoms with van der Waals surface area (Å²) >= 11 is 0. The van der Waals surface area contributed by atoms with Crippen molar-refractivity contribution in [2.24, 2.45) is 5.73 Å². The first-order valence-electron chi connectivity index (χ1n) is 5.24. The Bertz CT molecular complexity index is 329. The molecule has 1 aliphatic carbocycles. The van der Waals surface area contributed by atoms with Gasteiger partial charge in [-0.2, -0.15) is 0 Å². The number of carbonyl (C=O) groups excluding carboxylic acids is 1. The number of amides is 1. The Morgan fingerprint density at radius 2 is 2.40 bits per heavy atom. The molecule has 0 aromatic carbocycles. The summed E-state index contributed by atoms with van der Waals surface area (Å²) in [6, 6.07) is 0. The van der Waals surface area contributed by atoms with Crippen LogP contribution in [0.2, 0.25) is 0 Å². The van der Waals surface area contributed by atoms with Crippen molar-refractivity contribution in [1.29, 1.82) is 0 Å². The van der Waals surface area contributed by atoms with Crippen LogP contribution in [-0.2, 0) is 11.3 Å². The van der Waals surface area contributed by atoms with Gasteiger partial charge in [0.1, 0.15) is 0 Å². The van der Waals surface area contributed by atoms with Gasteiger partial charge in [0.15, 0.2) is 0 Å². The first-order valence-corrected chi connectivity index (χ1v) is 5.24. The van der Waals surface area contributed by atoms with Gasteiger partial charge in [0.25, 0.3) is 0 Å². The van der Waals surface area contributed by atoms with Crippen LogP contribution >= 0.6 is 0 Å². The van der Waals surface area contributed by atoms with Crippen LogP contribution in [0.25, 0.3) is 0 Å². The third-order valence-corrected chi connectivity index (χ3v) is 2.68. The smallest absolute Gasteiger partial charge is 0.240 e. The van der Waals surface area contributed by atoms with Gasteiger partial charge < -0.3 is 15.6 Å². The summed E-state index contributed by atoms with van der Waals surface area (Å²) in [5.41, 5.74) is 5.19. The minimum atomic E-state index is -0.547. The number of imidazole rings is 1. The minimum absolute atomic E-state index is 0.00636. The Hall–Kier alpha value is -1.36. The van der Waals surface area contributed by atoms with Crippen molar-refractivity contribution < 1.29 is 4.79 Å². The number of rotatable bonds is 5. The van der Waals surface area contributed by atoms with Crippen LogP contribution < -0.4 is 11.1 Å². The van der Waals surface area contributed by atoms with E-state index in [-0.39, 0.29) is 5.91 Å². The van der Waals surface area contributed by atoms with Crippen molar-refractivity contribution >= 4 is 5.91 Å². The second-order valence-corrected chi connectivity index (χ2v) is 4.07. The van der Waals surface area contributed by atoms with E-state index in [1.807, 2.05) is 10.8 Å². The third-order valence-electron chi connectivity index (χ3n) is 2.68. The molecule has 1 fully saturated rings. The zero-order valence-corrected chi connectivity index (χ0v) is 8.65. The zero-order chi connectivity index (χ0) is 10.7. The fourth-order valence-electron chi connectivity index (χ4n) is 1.42. The van der Waals surface area contributed by atoms with Gasteiger partial charge in [0.2, 0.25) is 5.91 Å². The molecule has 1 saturated carbocycles. The number of aryl methyl sites for hydroxylation is 1. The highest BCUT2D eigenvalue weighted by Crippen LogP contribution is 2.31. The molecule has 0 unspecified atom stereocenters. The summed E-state index contributed by atoms with van der Waals surface area (Å²) in [5.74, 6) is -0.00636. The van der Waals surface area contributed by atoms with Gasteiger partial charge in [-0.25, -0.2) is 4.98 Å². The Labute approximate surface area is 88.7 Å². The molecule has 1 amide bonds. The quantitative estimate of drug-likeness (QED) is 0.663. The molecule has 0 radical (unpaired) electrons. The first kappa shape index (κ1) is 10.2. The molecule has 0 aliphatic heterocycles. The molecule has 1 aromatic heterocycles. The van der Waals surface area contributed by atoms with Gasteiger partial charge >= 0.3 is 0 Å². The largest absolute Gasteiger partial charge is 0.354 e. The normalized spacial score (nSPS) is 17.4. The highest BCUT2D eigenvalue weighted by molar-refractivity contribution is 5.88. The molecule has 1 aromatic rings. The molecule has 1 aliphatic rings. The van der Waals surface area contributed by atoms with Crippen LogP contribution in [0, 0.1) is 0 Å². The van der Waals surface area contributed by atoms with Crippen LogP contribution in [0.5, 0.6) is 0 Å². The Morgan fingerprint density at radius 3 is 3.00 bits per heavy atom. The summed E-state index contributed by atoms with van der Waals surface area (Å²) in [7, 11) is 0. The summed E-state index contributed by atoms with van der Waals surface area (Å²) in [4.78, 5) is 15.4. The molecular weight excluding hydrogens is 192 g/mol. The average molecular weight is 208 g/mol. The molecule has 15 heavy (non-hydrogen) atoms. The number of hydrogen-bond acceptors (Lipinski definition) is 3. The molecule has 1 heterocycles. The van der Waals surface area contributed by atoms with E-state index in [9.17, 15) is 4.79 Å². The van der Waals surface area contributed by atoms with Gasteiger partial charge in [-0.3, -0.25) is 4.79 Å². The number of nitrogens with zero attached hydrogens (tertiary/aromatic N) is 2. The van der Waals surface area contributed by atoms with Crippen molar-refractivity contribution in [2.75, 3.05) is 6.54 Å². The van der Waals surface area contributed by atoms with E-state index >= 15 is 0 Å². The first-order chi connectivity index (χ1) is 7.21. The second kappa shape index (κ2) is 4.02. The van der Waals surface area contributed by atoms with Crippen LogP contribution in [-0.4, -0.2) is 27.5 Å². The summed E-state index contributed by atoms with van der Waals surface area (Å²) in [5, 5.41) is 2.85. The second-order valence-electron chi connectivity index (χ2n) is 4.07. The standard InChI is InChI=1S/C10H16N4O/c11-10(2-3-10)9(15)13-4-1-6-14-7-5-12-8-14/h5,7-8H,1-4,6,11H2,(H,13,15). The monoisotopic (exact) mass is 208 g/mol. The molecule has 0 saturated heterocycles. The highest BCUT2D eigenvalue weighted by atomic mass is 16.2. The lowest BCUT2D eigenvalue weighted by molar-refractivity contribution is -0.123. The minimum Gasteiger partial charge on any atom is -0.354 e. The summed E-state index contributed by atoms with van der Waals surface area (Å²) in [6.45, 7) is 1.55. The number of nitrogens with two attached hydrogens (primary N) is 1. The topological polar surface area (TPSA) is 72.9 Å². The number of hydrogen-bond donors (Lipinski definition) is 2. The maximum Gasteiger partial charge on any atom is 0.240 e. The maximum atomic E-state index is 11.4. The van der Waals surface area contributed by atoms with Gasteiger partial charge in [0.05, 0.1) is 11.9 Å². The van der Waals surface area contributed by atoms with E-state index in [1.54, 1.807) is 12.5 Å². The van der Waals surface area contributed by atoms with Crippen molar-refractivity contribution in [2.45, 2.75) is 31.3 Å². The molecular formula is C10H16N4O. The number of carbonyl (C=O) groups is 1. The van der Waals surface area contributed by atoms with E-state index in [2.05, 4.69) is 10.3 Å². The molecule has 2 rings (SSSR count). The molecule has 0 bridgehead atoms. The molecule has 82 valence electrons. The van der Waals surface area contributed by atoms with Crippen LogP contribution in [0.1, 0.15) is 19.3 Å². The lowest BCUT2D eigenvalue weighted by Gasteiger charge is -2.09. The molecule has 0 atom stereocenters. The average Bonchev–Trinajstić information content (AvgIpc) is 2.80. The zero-order valence-electron chi connectivity index (χ0n) is 8.65. The van der Waals surface area contributed by atoms with E-state index < -0.39 is 5.54 Å². The van der Waals surface area contributed by atoms with Crippen molar-refractivity contribution in [3.05, 3.63) is 18.7 Å². The van der Waals surface area contributed by atoms with Gasteiger partial charge in [0, 0.05) is 25.5 Å². The van der Waals surface area contributed by atoms with Crippen molar-refractivity contribution in [1.82, 2.24) is 14.9 Å². The van der Waals surface area contributed by atoms with E-state index in [0.717, 1.165) is 25.8 Å². The van der Waals surface area contributed by atoms with Gasteiger partial charge in [-0.05, 0) is 19.3 Å². The predicted octanol–water partition coefficient (Wildman–Crippen LogP) is -0.119. The molecule has 3 N–H and O–H groups in total. The summed E-state index contributed by atoms with van der Waals surface area (Å²) < 4.78 is 1.99. The lowest BCUT2D eigenvalue weighted by atomic mass is 10.2. The SMILES string of the molecule is NC1(C(=O)NCCCn2ccnc2)CC1. The van der Waals surface area contributed by atoms with E-state index in [1.165, 1.54) is 0 Å². The molecule has 5 nitrogen and oxygen atoms in total. The third kappa shape index (κ3) is 2.56. The molecule has 0 spiro atoms. The fourth-order valence-corrected chi connectivity index (χ4v) is 1.42. The van der Waals surface area contributed by atoms with Gasteiger partial charge in [-0.1, -0.05) is 0 Å². The Balaban J connectivity index is 1.61. The lowest BCUT2D eigenvalue weighted by Crippen LogP contribution is -2.43. The number of nitrogens with one attached hydrogen (secondary N) is 1. The Morgan fingerprint density at radius 1 is 1.60 bits per heavy atom. The summed E-state index contributed by atoms with van der Waals surface area (Å²) in [6.07, 6.45) is 7.97. The van der Waals surface area contributed by atoms with E-state index in [0.29, 0.717) is 6.54 Å². The van der Waals surface area contributed by atoms with Crippen molar-refractivity contribution in [3.63, 3.8) is 0 Å². The highest BCUT2D eigenvalue weighted by Gasteiger charge is 2.45. The van der Waals surface area contributed by atoms with Crippen molar-refractivity contribution in [3.8, 4) is 0 Å². The van der Waals surface area contributed by atoms with Gasteiger partial charge in [-0.15, -0.1) is 0 Å². The number of aromatic nitrogens is 2. The Kier molecular flexibility index (Phi) is 2.73. The van der Waals surface area contributed by atoms with Crippen LogP contribution in [0.4, 0.5) is 0 Å². The maximum absolute atomic E-state index is 11.4. The van der Waals surface area contributed by atoms with E-state index in [4.69, 9.17) is 5.73 Å². The fraction of sp³-hybridized carbons (Fsp3) is 0.600.